The van der Waals surface area contributed by atoms with Crippen LogP contribution in [0.25, 0.3) is 0 Å². The molecule has 4 heteroatoms. The zero-order chi connectivity index (χ0) is 10.2. The molecule has 1 heterocycles. The molecule has 1 saturated heterocycles. The summed E-state index contributed by atoms with van der Waals surface area (Å²) < 4.78 is 5.86. The standard InChI is InChI=1S/C10H24N2OSi/c11-5-2-8-14-10-9(4-6-12)3-1-7-13-10/h9-10H,1-8,11-12,14H2. The Kier molecular flexibility index (Phi) is 6.43. The van der Waals surface area contributed by atoms with E-state index in [9.17, 15) is 0 Å². The van der Waals surface area contributed by atoms with Crippen molar-refractivity contribution in [2.24, 2.45) is 17.4 Å². The van der Waals surface area contributed by atoms with Gasteiger partial charge in [-0.15, -0.1) is 0 Å². The second-order valence-electron chi connectivity index (χ2n) is 4.17. The van der Waals surface area contributed by atoms with Crippen molar-refractivity contribution in [3.63, 3.8) is 0 Å². The highest BCUT2D eigenvalue weighted by Crippen LogP contribution is 2.23. The van der Waals surface area contributed by atoms with Gasteiger partial charge in [-0.25, -0.2) is 0 Å². The quantitative estimate of drug-likeness (QED) is 0.486. The molecule has 0 aromatic heterocycles. The molecule has 84 valence electrons. The van der Waals surface area contributed by atoms with Gasteiger partial charge in [0.25, 0.3) is 0 Å². The molecule has 0 aromatic carbocycles. The lowest BCUT2D eigenvalue weighted by Gasteiger charge is -2.31. The summed E-state index contributed by atoms with van der Waals surface area (Å²) >= 11 is 0. The number of rotatable bonds is 6. The number of nitrogens with two attached hydrogens (primary N) is 2. The largest absolute Gasteiger partial charge is 0.382 e. The van der Waals surface area contributed by atoms with Crippen LogP contribution in [0.15, 0.2) is 0 Å². The van der Waals surface area contributed by atoms with Crippen molar-refractivity contribution in [1.29, 1.82) is 0 Å². The van der Waals surface area contributed by atoms with E-state index in [-0.39, 0.29) is 9.52 Å². The Morgan fingerprint density at radius 1 is 1.29 bits per heavy atom. The van der Waals surface area contributed by atoms with Crippen molar-refractivity contribution in [2.75, 3.05) is 19.7 Å². The first kappa shape index (κ1) is 12.2. The van der Waals surface area contributed by atoms with Gasteiger partial charge in [0.2, 0.25) is 0 Å². The Labute approximate surface area is 89.4 Å². The number of hydrogen-bond donors (Lipinski definition) is 2. The molecule has 0 amide bonds. The average molecular weight is 216 g/mol. The highest BCUT2D eigenvalue weighted by atomic mass is 28.2. The van der Waals surface area contributed by atoms with Crippen molar-refractivity contribution in [1.82, 2.24) is 0 Å². The second-order valence-corrected chi connectivity index (χ2v) is 6.26. The van der Waals surface area contributed by atoms with E-state index < -0.39 is 0 Å². The van der Waals surface area contributed by atoms with Gasteiger partial charge in [-0.2, -0.15) is 0 Å². The normalized spacial score (nSPS) is 28.7. The lowest BCUT2D eigenvalue weighted by molar-refractivity contribution is 0.0202. The van der Waals surface area contributed by atoms with E-state index in [0.29, 0.717) is 5.73 Å². The van der Waals surface area contributed by atoms with Gasteiger partial charge in [-0.05, 0) is 44.7 Å². The minimum absolute atomic E-state index is 0.0710. The Morgan fingerprint density at radius 2 is 2.14 bits per heavy atom. The zero-order valence-electron chi connectivity index (χ0n) is 9.08. The summed E-state index contributed by atoms with van der Waals surface area (Å²) in [6.45, 7) is 2.62. The Bertz CT molecular complexity index is 144. The predicted molar refractivity (Wildman–Crippen MR) is 63.2 cm³/mol. The summed E-state index contributed by atoms with van der Waals surface area (Å²) in [5.74, 6) is 0.762. The van der Waals surface area contributed by atoms with Gasteiger partial charge in [0, 0.05) is 12.3 Å². The molecule has 1 rings (SSSR count). The van der Waals surface area contributed by atoms with Crippen LogP contribution in [0.4, 0.5) is 0 Å². The van der Waals surface area contributed by atoms with E-state index in [1.54, 1.807) is 0 Å². The fourth-order valence-corrected chi connectivity index (χ4v) is 4.51. The third-order valence-corrected chi connectivity index (χ3v) is 5.44. The fourth-order valence-electron chi connectivity index (χ4n) is 2.26. The highest BCUT2D eigenvalue weighted by molar-refractivity contribution is 6.37. The summed E-state index contributed by atoms with van der Waals surface area (Å²) in [4.78, 5) is 0. The Hall–Kier alpha value is 0.0969. The fraction of sp³-hybridized carbons (Fsp3) is 1.00. The monoisotopic (exact) mass is 216 g/mol. The van der Waals surface area contributed by atoms with E-state index in [1.165, 1.54) is 25.3 Å². The van der Waals surface area contributed by atoms with Crippen LogP contribution in [-0.2, 0) is 4.74 Å². The molecule has 2 atom stereocenters. The van der Waals surface area contributed by atoms with Crippen molar-refractivity contribution in [3.05, 3.63) is 0 Å². The van der Waals surface area contributed by atoms with Gasteiger partial charge >= 0.3 is 0 Å². The van der Waals surface area contributed by atoms with Gasteiger partial charge in [-0.1, -0.05) is 6.04 Å². The van der Waals surface area contributed by atoms with Crippen LogP contribution in [0.3, 0.4) is 0 Å². The average Bonchev–Trinajstić information content (AvgIpc) is 2.21. The third-order valence-electron chi connectivity index (χ3n) is 3.06. The van der Waals surface area contributed by atoms with Crippen LogP contribution in [0.5, 0.6) is 0 Å². The summed E-state index contributed by atoms with van der Waals surface area (Å²) in [6, 6.07) is 1.34. The number of ether oxygens (including phenoxy) is 1. The minimum atomic E-state index is -0.0710. The van der Waals surface area contributed by atoms with Crippen LogP contribution in [0, 0.1) is 5.92 Å². The number of hydrogen-bond acceptors (Lipinski definition) is 3. The lowest BCUT2D eigenvalue weighted by atomic mass is 9.98. The molecule has 0 aliphatic carbocycles. The van der Waals surface area contributed by atoms with E-state index >= 15 is 0 Å². The maximum absolute atomic E-state index is 5.86. The first-order valence-electron chi connectivity index (χ1n) is 5.90. The van der Waals surface area contributed by atoms with Gasteiger partial charge in [0.05, 0.1) is 9.52 Å². The van der Waals surface area contributed by atoms with Gasteiger partial charge < -0.3 is 16.2 Å². The first-order chi connectivity index (χ1) is 6.88. The van der Waals surface area contributed by atoms with Gasteiger partial charge in [0.15, 0.2) is 0 Å². The smallest absolute Gasteiger partial charge is 0.0559 e. The van der Waals surface area contributed by atoms with Crippen molar-refractivity contribution < 1.29 is 4.74 Å². The summed E-state index contributed by atoms with van der Waals surface area (Å²) in [7, 11) is -0.0710. The predicted octanol–water partition coefficient (Wildman–Crippen LogP) is 0.0238. The third kappa shape index (κ3) is 4.08. The Morgan fingerprint density at radius 3 is 2.86 bits per heavy atom. The van der Waals surface area contributed by atoms with Gasteiger partial charge in [0.1, 0.15) is 0 Å². The van der Waals surface area contributed by atoms with Crippen LogP contribution < -0.4 is 11.5 Å². The molecular formula is C10H24N2OSi. The van der Waals surface area contributed by atoms with Crippen LogP contribution >= 0.6 is 0 Å². The van der Waals surface area contributed by atoms with Crippen molar-refractivity contribution in [3.8, 4) is 0 Å². The molecule has 1 fully saturated rings. The van der Waals surface area contributed by atoms with E-state index in [2.05, 4.69) is 0 Å². The second kappa shape index (κ2) is 7.40. The van der Waals surface area contributed by atoms with Crippen molar-refractivity contribution in [2.45, 2.75) is 37.5 Å². The van der Waals surface area contributed by atoms with Crippen LogP contribution in [-0.4, -0.2) is 34.9 Å². The molecule has 14 heavy (non-hydrogen) atoms. The highest BCUT2D eigenvalue weighted by Gasteiger charge is 2.24. The molecule has 0 saturated carbocycles. The molecule has 0 aromatic rings. The molecule has 2 unspecified atom stereocenters. The van der Waals surface area contributed by atoms with E-state index in [1.807, 2.05) is 0 Å². The lowest BCUT2D eigenvalue weighted by Crippen LogP contribution is -2.35. The van der Waals surface area contributed by atoms with Crippen LogP contribution in [0.1, 0.15) is 25.7 Å². The molecule has 3 nitrogen and oxygen atoms in total. The van der Waals surface area contributed by atoms with Gasteiger partial charge in [-0.3, -0.25) is 0 Å². The topological polar surface area (TPSA) is 61.3 Å². The van der Waals surface area contributed by atoms with Crippen LogP contribution in [0.2, 0.25) is 6.04 Å². The first-order valence-corrected chi connectivity index (χ1v) is 7.72. The summed E-state index contributed by atoms with van der Waals surface area (Å²) in [6.07, 6.45) is 4.89. The molecule has 1 aliphatic heterocycles. The maximum atomic E-state index is 5.86. The summed E-state index contributed by atoms with van der Waals surface area (Å²) in [5, 5.41) is 0. The molecule has 0 radical (unpaired) electrons. The Balaban J connectivity index is 2.22. The molecule has 4 N–H and O–H groups in total. The maximum Gasteiger partial charge on any atom is 0.0559 e. The molecule has 0 bridgehead atoms. The summed E-state index contributed by atoms with van der Waals surface area (Å²) in [5.41, 5.74) is 11.7. The van der Waals surface area contributed by atoms with E-state index in [0.717, 1.165) is 32.0 Å². The zero-order valence-corrected chi connectivity index (χ0v) is 10.5. The van der Waals surface area contributed by atoms with Crippen molar-refractivity contribution >= 4 is 9.52 Å². The van der Waals surface area contributed by atoms with E-state index in [4.69, 9.17) is 16.2 Å². The molecule has 0 spiro atoms. The SMILES string of the molecule is NCCC[SiH2]C1OCCCC1CCN. The molecule has 1 aliphatic rings. The minimum Gasteiger partial charge on any atom is -0.382 e. The molecular weight excluding hydrogens is 192 g/mol.